The summed E-state index contributed by atoms with van der Waals surface area (Å²) in [5, 5.41) is 0.426. The first-order chi connectivity index (χ1) is 8.49. The van der Waals surface area contributed by atoms with Gasteiger partial charge in [0.25, 0.3) is 5.91 Å². The molecule has 2 N–H and O–H groups in total. The highest BCUT2D eigenvalue weighted by molar-refractivity contribution is 6.33. The highest BCUT2D eigenvalue weighted by Gasteiger charge is 2.19. The quantitative estimate of drug-likeness (QED) is 0.837. The fourth-order valence-corrected chi connectivity index (χ4v) is 1.80. The monoisotopic (exact) mass is 270 g/mol. The average Bonchev–Trinajstić information content (AvgIpc) is 2.35. The molecule has 0 radical (unpaired) electrons. The summed E-state index contributed by atoms with van der Waals surface area (Å²) in [6.07, 6.45) is -0.537. The molecule has 5 heteroatoms. The van der Waals surface area contributed by atoms with Gasteiger partial charge in [-0.15, -0.1) is 0 Å². The minimum atomic E-state index is -0.537. The van der Waals surface area contributed by atoms with Gasteiger partial charge in [0, 0.05) is 19.2 Å². The third-order valence-electron chi connectivity index (χ3n) is 2.71. The number of ether oxygens (including phenoxy) is 1. The van der Waals surface area contributed by atoms with Crippen molar-refractivity contribution in [2.45, 2.75) is 26.9 Å². The lowest BCUT2D eigenvalue weighted by Crippen LogP contribution is -2.40. The minimum absolute atomic E-state index is 0.0343. The first kappa shape index (κ1) is 14.6. The molecule has 0 fully saturated rings. The fourth-order valence-electron chi connectivity index (χ4n) is 1.63. The second-order valence-corrected chi connectivity index (χ2v) is 4.36. The van der Waals surface area contributed by atoms with E-state index in [9.17, 15) is 4.79 Å². The van der Waals surface area contributed by atoms with Crippen molar-refractivity contribution in [2.24, 2.45) is 0 Å². The SMILES string of the molecule is CCN(CC)C(=O)C(C)Oc1ccc(N)c(Cl)c1. The predicted molar refractivity (Wildman–Crippen MR) is 73.9 cm³/mol. The maximum absolute atomic E-state index is 12.0. The largest absolute Gasteiger partial charge is 0.481 e. The molecule has 0 aliphatic carbocycles. The first-order valence-electron chi connectivity index (χ1n) is 6.00. The van der Waals surface area contributed by atoms with Gasteiger partial charge in [-0.05, 0) is 32.9 Å². The predicted octanol–water partition coefficient (Wildman–Crippen LogP) is 2.56. The van der Waals surface area contributed by atoms with Crippen molar-refractivity contribution < 1.29 is 9.53 Å². The van der Waals surface area contributed by atoms with Crippen LogP contribution in [0, 0.1) is 0 Å². The topological polar surface area (TPSA) is 55.6 Å². The van der Waals surface area contributed by atoms with Crippen LogP contribution in [0.1, 0.15) is 20.8 Å². The molecule has 18 heavy (non-hydrogen) atoms. The van der Waals surface area contributed by atoms with Gasteiger partial charge in [-0.25, -0.2) is 0 Å². The molecule has 0 spiro atoms. The maximum atomic E-state index is 12.0. The highest BCUT2D eigenvalue weighted by atomic mass is 35.5. The zero-order valence-electron chi connectivity index (χ0n) is 10.9. The van der Waals surface area contributed by atoms with Gasteiger partial charge in [0.1, 0.15) is 5.75 Å². The highest BCUT2D eigenvalue weighted by Crippen LogP contribution is 2.24. The van der Waals surface area contributed by atoms with Gasteiger partial charge in [-0.3, -0.25) is 4.79 Å². The third-order valence-corrected chi connectivity index (χ3v) is 3.03. The van der Waals surface area contributed by atoms with E-state index in [-0.39, 0.29) is 5.91 Å². The summed E-state index contributed by atoms with van der Waals surface area (Å²) in [5.41, 5.74) is 6.10. The Morgan fingerprint density at radius 1 is 1.44 bits per heavy atom. The molecule has 0 saturated carbocycles. The van der Waals surface area contributed by atoms with Gasteiger partial charge in [0.15, 0.2) is 6.10 Å². The molecule has 0 heterocycles. The molecule has 4 nitrogen and oxygen atoms in total. The second-order valence-electron chi connectivity index (χ2n) is 3.95. The minimum Gasteiger partial charge on any atom is -0.481 e. The number of hydrogen-bond acceptors (Lipinski definition) is 3. The summed E-state index contributed by atoms with van der Waals surface area (Å²) in [5.74, 6) is 0.509. The van der Waals surface area contributed by atoms with Gasteiger partial charge >= 0.3 is 0 Å². The third kappa shape index (κ3) is 3.53. The number of amides is 1. The van der Waals surface area contributed by atoms with Crippen LogP contribution in [0.4, 0.5) is 5.69 Å². The summed E-state index contributed by atoms with van der Waals surface area (Å²) in [4.78, 5) is 13.7. The number of nitrogens with zero attached hydrogens (tertiary/aromatic N) is 1. The molecule has 0 aliphatic rings. The molecular weight excluding hydrogens is 252 g/mol. The number of hydrogen-bond donors (Lipinski definition) is 1. The van der Waals surface area contributed by atoms with Crippen molar-refractivity contribution >= 4 is 23.2 Å². The van der Waals surface area contributed by atoms with Crippen molar-refractivity contribution in [3.63, 3.8) is 0 Å². The number of carbonyl (C=O) groups is 1. The number of anilines is 1. The Morgan fingerprint density at radius 3 is 2.56 bits per heavy atom. The van der Waals surface area contributed by atoms with E-state index >= 15 is 0 Å². The van der Waals surface area contributed by atoms with E-state index in [0.29, 0.717) is 29.5 Å². The van der Waals surface area contributed by atoms with Crippen LogP contribution in [0.3, 0.4) is 0 Å². The number of nitrogen functional groups attached to an aromatic ring is 1. The summed E-state index contributed by atoms with van der Waals surface area (Å²) in [7, 11) is 0. The van der Waals surface area contributed by atoms with Gasteiger partial charge in [-0.1, -0.05) is 11.6 Å². The van der Waals surface area contributed by atoms with Crippen LogP contribution >= 0.6 is 11.6 Å². The number of benzene rings is 1. The van der Waals surface area contributed by atoms with E-state index in [0.717, 1.165) is 0 Å². The van der Waals surface area contributed by atoms with E-state index in [1.54, 1.807) is 30.0 Å². The Balaban J connectivity index is 2.71. The zero-order chi connectivity index (χ0) is 13.7. The molecule has 1 amide bonds. The molecule has 0 saturated heterocycles. The number of halogens is 1. The molecule has 1 aromatic rings. The van der Waals surface area contributed by atoms with Crippen molar-refractivity contribution in [1.82, 2.24) is 4.90 Å². The summed E-state index contributed by atoms with van der Waals surface area (Å²) >= 11 is 5.89. The van der Waals surface area contributed by atoms with Crippen LogP contribution in [0.15, 0.2) is 18.2 Å². The van der Waals surface area contributed by atoms with Crippen LogP contribution in [0.5, 0.6) is 5.75 Å². The molecule has 1 rings (SSSR count). The number of likely N-dealkylation sites (N-methyl/N-ethyl adjacent to an activating group) is 1. The summed E-state index contributed by atoms with van der Waals surface area (Å²) in [6, 6.07) is 4.97. The zero-order valence-corrected chi connectivity index (χ0v) is 11.7. The Morgan fingerprint density at radius 2 is 2.06 bits per heavy atom. The Bertz CT molecular complexity index is 419. The maximum Gasteiger partial charge on any atom is 0.263 e. The Labute approximate surface area is 113 Å². The van der Waals surface area contributed by atoms with Crippen molar-refractivity contribution in [1.29, 1.82) is 0 Å². The standard InChI is InChI=1S/C13H19ClN2O2/c1-4-16(5-2)13(17)9(3)18-10-6-7-12(15)11(14)8-10/h6-9H,4-5,15H2,1-3H3. The van der Waals surface area contributed by atoms with E-state index < -0.39 is 6.10 Å². The number of rotatable bonds is 5. The Hall–Kier alpha value is -1.42. The normalized spacial score (nSPS) is 12.0. The van der Waals surface area contributed by atoms with Crippen molar-refractivity contribution in [2.75, 3.05) is 18.8 Å². The van der Waals surface area contributed by atoms with Crippen LogP contribution < -0.4 is 10.5 Å². The van der Waals surface area contributed by atoms with Gasteiger partial charge in [0.2, 0.25) is 0 Å². The molecule has 1 unspecified atom stereocenters. The average molecular weight is 271 g/mol. The lowest BCUT2D eigenvalue weighted by molar-refractivity contribution is -0.137. The summed E-state index contributed by atoms with van der Waals surface area (Å²) < 4.78 is 5.57. The van der Waals surface area contributed by atoms with Crippen molar-refractivity contribution in [3.05, 3.63) is 23.2 Å². The van der Waals surface area contributed by atoms with Crippen LogP contribution in [0.2, 0.25) is 5.02 Å². The second kappa shape index (κ2) is 6.50. The van der Waals surface area contributed by atoms with Crippen LogP contribution in [0.25, 0.3) is 0 Å². The van der Waals surface area contributed by atoms with Gasteiger partial charge in [-0.2, -0.15) is 0 Å². The number of nitrogens with two attached hydrogens (primary N) is 1. The molecule has 0 aliphatic heterocycles. The molecule has 1 aromatic carbocycles. The van der Waals surface area contributed by atoms with Crippen LogP contribution in [-0.2, 0) is 4.79 Å². The Kier molecular flexibility index (Phi) is 5.28. The smallest absolute Gasteiger partial charge is 0.263 e. The van der Waals surface area contributed by atoms with Crippen molar-refractivity contribution in [3.8, 4) is 5.75 Å². The first-order valence-corrected chi connectivity index (χ1v) is 6.37. The fraction of sp³-hybridized carbons (Fsp3) is 0.462. The van der Waals surface area contributed by atoms with Gasteiger partial charge < -0.3 is 15.4 Å². The van der Waals surface area contributed by atoms with E-state index in [4.69, 9.17) is 22.1 Å². The molecule has 1 atom stereocenters. The molecular formula is C13H19ClN2O2. The molecule has 0 aromatic heterocycles. The van der Waals surface area contributed by atoms with Crippen LogP contribution in [-0.4, -0.2) is 30.0 Å². The van der Waals surface area contributed by atoms with E-state index in [2.05, 4.69) is 0 Å². The number of carbonyl (C=O) groups excluding carboxylic acids is 1. The lowest BCUT2D eigenvalue weighted by Gasteiger charge is -2.23. The lowest BCUT2D eigenvalue weighted by atomic mass is 10.3. The van der Waals surface area contributed by atoms with E-state index in [1.165, 1.54) is 0 Å². The molecule has 100 valence electrons. The molecule has 0 bridgehead atoms. The summed E-state index contributed by atoms with van der Waals surface area (Å²) in [6.45, 7) is 6.95. The van der Waals surface area contributed by atoms with Gasteiger partial charge in [0.05, 0.1) is 10.7 Å². The van der Waals surface area contributed by atoms with E-state index in [1.807, 2.05) is 13.8 Å².